The van der Waals surface area contributed by atoms with E-state index in [9.17, 15) is 0 Å². The van der Waals surface area contributed by atoms with Gasteiger partial charge in [-0.05, 0) is 48.2 Å². The van der Waals surface area contributed by atoms with Crippen LogP contribution in [-0.4, -0.2) is 0 Å². The van der Waals surface area contributed by atoms with Gasteiger partial charge in [0.15, 0.2) is 0 Å². The number of ether oxygens (including phenoxy) is 1. The Morgan fingerprint density at radius 3 is 2.50 bits per heavy atom. The molecule has 2 N–H and O–H groups in total. The lowest BCUT2D eigenvalue weighted by Crippen LogP contribution is -2.00. The third kappa shape index (κ3) is 3.41. The van der Waals surface area contributed by atoms with Gasteiger partial charge in [0.25, 0.3) is 0 Å². The van der Waals surface area contributed by atoms with E-state index in [1.807, 2.05) is 24.3 Å². The van der Waals surface area contributed by atoms with Crippen molar-refractivity contribution in [1.29, 1.82) is 0 Å². The van der Waals surface area contributed by atoms with Crippen molar-refractivity contribution in [3.05, 3.63) is 57.6 Å². The lowest BCUT2D eigenvalue weighted by Gasteiger charge is -2.14. The molecule has 0 bridgehead atoms. The first-order chi connectivity index (χ1) is 9.51. The number of rotatable bonds is 4. The van der Waals surface area contributed by atoms with E-state index in [-0.39, 0.29) is 0 Å². The van der Waals surface area contributed by atoms with Crippen LogP contribution in [0.4, 0.5) is 0 Å². The summed E-state index contributed by atoms with van der Waals surface area (Å²) < 4.78 is 6.97. The van der Waals surface area contributed by atoms with Crippen molar-refractivity contribution < 1.29 is 4.74 Å². The fraction of sp³-hybridized carbons (Fsp3) is 0.294. The van der Waals surface area contributed by atoms with E-state index < -0.39 is 0 Å². The largest absolute Gasteiger partial charge is 0.457 e. The normalized spacial score (nSPS) is 10.9. The van der Waals surface area contributed by atoms with Gasteiger partial charge in [-0.15, -0.1) is 0 Å². The maximum atomic E-state index is 5.99. The zero-order valence-electron chi connectivity index (χ0n) is 12.1. The average Bonchev–Trinajstić information content (AvgIpc) is 2.38. The molecule has 20 heavy (non-hydrogen) atoms. The predicted octanol–water partition coefficient (Wildman–Crippen LogP) is 5.13. The smallest absolute Gasteiger partial charge is 0.133 e. The average molecular weight is 334 g/mol. The van der Waals surface area contributed by atoms with Crippen molar-refractivity contribution in [2.24, 2.45) is 5.73 Å². The Labute approximate surface area is 129 Å². The Morgan fingerprint density at radius 2 is 1.90 bits per heavy atom. The molecule has 3 heteroatoms. The Morgan fingerprint density at radius 1 is 1.15 bits per heavy atom. The second-order valence-corrected chi connectivity index (χ2v) is 6.15. The highest BCUT2D eigenvalue weighted by Gasteiger charge is 2.08. The van der Waals surface area contributed by atoms with Crippen molar-refractivity contribution in [3.63, 3.8) is 0 Å². The first-order valence-corrected chi connectivity index (χ1v) is 7.57. The van der Waals surface area contributed by atoms with Crippen LogP contribution in [0, 0.1) is 6.92 Å². The number of benzene rings is 2. The molecule has 0 saturated heterocycles. The first kappa shape index (κ1) is 15.1. The highest BCUT2D eigenvalue weighted by atomic mass is 79.9. The Balaban J connectivity index is 2.31. The number of hydrogen-bond acceptors (Lipinski definition) is 2. The monoisotopic (exact) mass is 333 g/mol. The summed E-state index contributed by atoms with van der Waals surface area (Å²) in [5.41, 5.74) is 9.36. The lowest BCUT2D eigenvalue weighted by molar-refractivity contribution is 0.475. The molecule has 106 valence electrons. The standard InChI is InChI=1S/C17H20BrNO/c1-11(2)16-7-6-15(8-12(16)3)20-17-9-14(18)5-4-13(17)10-19/h4-9,11H,10,19H2,1-3H3. The fourth-order valence-corrected chi connectivity index (χ4v) is 2.62. The molecule has 2 aromatic carbocycles. The molecule has 0 atom stereocenters. The van der Waals surface area contributed by atoms with Crippen LogP contribution in [-0.2, 0) is 6.54 Å². The predicted molar refractivity (Wildman–Crippen MR) is 87.4 cm³/mol. The maximum Gasteiger partial charge on any atom is 0.133 e. The van der Waals surface area contributed by atoms with Gasteiger partial charge in [0, 0.05) is 16.6 Å². The SMILES string of the molecule is Cc1cc(Oc2cc(Br)ccc2CN)ccc1C(C)C. The minimum Gasteiger partial charge on any atom is -0.457 e. The number of nitrogens with two attached hydrogens (primary N) is 1. The molecule has 0 heterocycles. The van der Waals surface area contributed by atoms with Crippen LogP contribution in [0.2, 0.25) is 0 Å². The van der Waals surface area contributed by atoms with Crippen LogP contribution in [0.5, 0.6) is 11.5 Å². The summed E-state index contributed by atoms with van der Waals surface area (Å²) in [6.07, 6.45) is 0. The third-order valence-corrected chi connectivity index (χ3v) is 3.83. The van der Waals surface area contributed by atoms with Gasteiger partial charge >= 0.3 is 0 Å². The summed E-state index contributed by atoms with van der Waals surface area (Å²) in [4.78, 5) is 0. The molecule has 0 spiro atoms. The van der Waals surface area contributed by atoms with Crippen molar-refractivity contribution in [2.45, 2.75) is 33.2 Å². The second kappa shape index (κ2) is 6.42. The highest BCUT2D eigenvalue weighted by molar-refractivity contribution is 9.10. The quantitative estimate of drug-likeness (QED) is 0.841. The minimum atomic E-state index is 0.464. The van der Waals surface area contributed by atoms with Gasteiger partial charge in [0.2, 0.25) is 0 Å². The van der Waals surface area contributed by atoms with E-state index in [2.05, 4.69) is 48.8 Å². The van der Waals surface area contributed by atoms with Crippen molar-refractivity contribution >= 4 is 15.9 Å². The molecule has 2 rings (SSSR count). The molecule has 0 aliphatic rings. The van der Waals surface area contributed by atoms with E-state index in [1.165, 1.54) is 11.1 Å². The summed E-state index contributed by atoms with van der Waals surface area (Å²) in [5, 5.41) is 0. The number of halogens is 1. The molecule has 2 aromatic rings. The van der Waals surface area contributed by atoms with Crippen molar-refractivity contribution in [2.75, 3.05) is 0 Å². The van der Waals surface area contributed by atoms with Gasteiger partial charge in [-0.2, -0.15) is 0 Å². The van der Waals surface area contributed by atoms with Crippen LogP contribution >= 0.6 is 15.9 Å². The fourth-order valence-electron chi connectivity index (χ4n) is 2.28. The molecule has 0 aromatic heterocycles. The lowest BCUT2D eigenvalue weighted by atomic mass is 9.98. The summed E-state index contributed by atoms with van der Waals surface area (Å²) in [7, 11) is 0. The molecule has 0 amide bonds. The molecular formula is C17H20BrNO. The number of aryl methyl sites for hydroxylation is 1. The maximum absolute atomic E-state index is 5.99. The van der Waals surface area contributed by atoms with Crippen LogP contribution in [0.15, 0.2) is 40.9 Å². The molecule has 0 radical (unpaired) electrons. The van der Waals surface area contributed by atoms with E-state index >= 15 is 0 Å². The Kier molecular flexibility index (Phi) is 4.84. The van der Waals surface area contributed by atoms with E-state index in [4.69, 9.17) is 10.5 Å². The molecule has 0 aliphatic carbocycles. The zero-order valence-corrected chi connectivity index (χ0v) is 13.7. The Hall–Kier alpha value is -1.32. The molecule has 2 nitrogen and oxygen atoms in total. The molecule has 0 fully saturated rings. The Bertz CT molecular complexity index is 608. The van der Waals surface area contributed by atoms with Crippen molar-refractivity contribution in [3.8, 4) is 11.5 Å². The topological polar surface area (TPSA) is 35.2 Å². The molecule has 0 unspecified atom stereocenters. The summed E-state index contributed by atoms with van der Waals surface area (Å²) in [6.45, 7) is 6.98. The van der Waals surface area contributed by atoms with Crippen LogP contribution in [0.1, 0.15) is 36.5 Å². The van der Waals surface area contributed by atoms with Gasteiger partial charge < -0.3 is 10.5 Å². The summed E-state index contributed by atoms with van der Waals surface area (Å²) in [6, 6.07) is 12.1. The third-order valence-electron chi connectivity index (χ3n) is 3.34. The molecule has 0 saturated carbocycles. The van der Waals surface area contributed by atoms with Crippen molar-refractivity contribution in [1.82, 2.24) is 0 Å². The summed E-state index contributed by atoms with van der Waals surface area (Å²) >= 11 is 3.46. The molecular weight excluding hydrogens is 314 g/mol. The highest BCUT2D eigenvalue weighted by Crippen LogP contribution is 2.30. The van der Waals surface area contributed by atoms with Gasteiger partial charge in [-0.3, -0.25) is 0 Å². The first-order valence-electron chi connectivity index (χ1n) is 6.78. The zero-order chi connectivity index (χ0) is 14.7. The summed E-state index contributed by atoms with van der Waals surface area (Å²) in [5.74, 6) is 2.17. The van der Waals surface area contributed by atoms with Crippen LogP contribution < -0.4 is 10.5 Å². The van der Waals surface area contributed by atoms with E-state index in [0.717, 1.165) is 21.5 Å². The van der Waals surface area contributed by atoms with E-state index in [0.29, 0.717) is 12.5 Å². The van der Waals surface area contributed by atoms with Gasteiger partial charge in [-0.25, -0.2) is 0 Å². The minimum absolute atomic E-state index is 0.464. The molecule has 0 aliphatic heterocycles. The van der Waals surface area contributed by atoms with E-state index in [1.54, 1.807) is 0 Å². The van der Waals surface area contributed by atoms with Crippen LogP contribution in [0.3, 0.4) is 0 Å². The van der Waals surface area contributed by atoms with Gasteiger partial charge in [-0.1, -0.05) is 41.9 Å². The number of hydrogen-bond donors (Lipinski definition) is 1. The second-order valence-electron chi connectivity index (χ2n) is 5.23. The van der Waals surface area contributed by atoms with Gasteiger partial charge in [0.05, 0.1) is 0 Å². The van der Waals surface area contributed by atoms with Gasteiger partial charge in [0.1, 0.15) is 11.5 Å². The van der Waals surface area contributed by atoms with Crippen LogP contribution in [0.25, 0.3) is 0 Å².